The minimum Gasteiger partial charge on any atom is -0.466 e. The Bertz CT molecular complexity index is 664. The van der Waals surface area contributed by atoms with Gasteiger partial charge in [-0.2, -0.15) is 0 Å². The molecule has 1 heterocycles. The molecule has 7 nitrogen and oxygen atoms in total. The number of halogens is 1. The number of nitrogens with zero attached hydrogens (tertiary/aromatic N) is 2. The zero-order valence-corrected chi connectivity index (χ0v) is 19.2. The van der Waals surface area contributed by atoms with Crippen LogP contribution in [0.15, 0.2) is 29.3 Å². The highest BCUT2D eigenvalue weighted by atomic mass is 127. The summed E-state index contributed by atoms with van der Waals surface area (Å²) in [6.45, 7) is 7.04. The van der Waals surface area contributed by atoms with Gasteiger partial charge in [-0.15, -0.1) is 24.0 Å². The number of piperidine rings is 1. The van der Waals surface area contributed by atoms with E-state index >= 15 is 0 Å². The second-order valence-corrected chi connectivity index (χ2v) is 6.48. The second-order valence-electron chi connectivity index (χ2n) is 6.48. The number of hydrogen-bond donors (Lipinski definition) is 2. The normalized spacial score (nSPS) is 16.8. The molecule has 28 heavy (non-hydrogen) atoms. The number of amides is 1. The van der Waals surface area contributed by atoms with Crippen molar-refractivity contribution >= 4 is 41.8 Å². The van der Waals surface area contributed by atoms with Crippen LogP contribution in [0.2, 0.25) is 0 Å². The lowest BCUT2D eigenvalue weighted by Crippen LogP contribution is -2.48. The molecule has 2 N–H and O–H groups in total. The maximum atomic E-state index is 12.1. The van der Waals surface area contributed by atoms with Crippen molar-refractivity contribution in [2.75, 3.05) is 33.3 Å². The third-order valence-corrected chi connectivity index (χ3v) is 4.53. The largest absolute Gasteiger partial charge is 0.466 e. The van der Waals surface area contributed by atoms with Gasteiger partial charge in [0.2, 0.25) is 0 Å². The zero-order valence-electron chi connectivity index (χ0n) is 16.9. The molecule has 0 aromatic heterocycles. The Morgan fingerprint density at radius 1 is 1.25 bits per heavy atom. The van der Waals surface area contributed by atoms with Gasteiger partial charge in [0, 0.05) is 32.2 Å². The van der Waals surface area contributed by atoms with E-state index in [-0.39, 0.29) is 41.8 Å². The lowest BCUT2D eigenvalue weighted by molar-refractivity contribution is -0.149. The van der Waals surface area contributed by atoms with Gasteiger partial charge in [0.25, 0.3) is 5.91 Å². The fourth-order valence-electron chi connectivity index (χ4n) is 3.12. The lowest BCUT2D eigenvalue weighted by atomic mass is 9.98. The maximum absolute atomic E-state index is 12.1. The molecule has 1 aromatic carbocycles. The quantitative estimate of drug-likeness (QED) is 0.270. The van der Waals surface area contributed by atoms with Crippen molar-refractivity contribution in [2.45, 2.75) is 33.2 Å². The SMILES string of the molecule is CCNC(=NCc1ccc(C(=O)NC)cc1)N1CCCC(C(=O)OCC)C1.I. The van der Waals surface area contributed by atoms with Crippen molar-refractivity contribution in [3.63, 3.8) is 0 Å². The Morgan fingerprint density at radius 2 is 1.96 bits per heavy atom. The summed E-state index contributed by atoms with van der Waals surface area (Å²) in [5, 5.41) is 5.92. The van der Waals surface area contributed by atoms with Crippen LogP contribution >= 0.6 is 24.0 Å². The Morgan fingerprint density at radius 3 is 2.57 bits per heavy atom. The molecule has 8 heteroatoms. The molecule has 0 radical (unpaired) electrons. The van der Waals surface area contributed by atoms with Crippen molar-refractivity contribution in [3.05, 3.63) is 35.4 Å². The number of guanidine groups is 1. The van der Waals surface area contributed by atoms with E-state index in [1.54, 1.807) is 19.2 Å². The second kappa shape index (κ2) is 12.6. The first-order chi connectivity index (χ1) is 13.1. The standard InChI is InChI=1S/C20H30N4O3.HI/c1-4-22-20(24-12-6-7-17(14-24)19(26)27-5-2)23-13-15-8-10-16(11-9-15)18(25)21-3;/h8-11,17H,4-7,12-14H2,1-3H3,(H,21,25)(H,22,23);1H. The van der Waals surface area contributed by atoms with Gasteiger partial charge < -0.3 is 20.3 Å². The van der Waals surface area contributed by atoms with Crippen LogP contribution in [0.25, 0.3) is 0 Å². The van der Waals surface area contributed by atoms with E-state index in [0.29, 0.717) is 25.3 Å². The first kappa shape index (κ1) is 24.2. The molecule has 2 rings (SSSR count). The molecule has 0 aliphatic carbocycles. The predicted octanol–water partition coefficient (Wildman–Crippen LogP) is 2.40. The van der Waals surface area contributed by atoms with Gasteiger partial charge in [-0.1, -0.05) is 12.1 Å². The van der Waals surface area contributed by atoms with Crippen LogP contribution in [0, 0.1) is 5.92 Å². The molecule has 1 fully saturated rings. The maximum Gasteiger partial charge on any atom is 0.310 e. The van der Waals surface area contributed by atoms with Crippen molar-refractivity contribution in [1.29, 1.82) is 0 Å². The van der Waals surface area contributed by atoms with Crippen LogP contribution in [0.3, 0.4) is 0 Å². The monoisotopic (exact) mass is 502 g/mol. The van der Waals surface area contributed by atoms with Crippen molar-refractivity contribution in [1.82, 2.24) is 15.5 Å². The van der Waals surface area contributed by atoms with Gasteiger partial charge in [-0.05, 0) is 44.4 Å². The van der Waals surface area contributed by atoms with E-state index in [9.17, 15) is 9.59 Å². The number of hydrogen-bond acceptors (Lipinski definition) is 4. The van der Waals surface area contributed by atoms with Crippen LogP contribution in [0.5, 0.6) is 0 Å². The number of benzene rings is 1. The number of rotatable bonds is 6. The summed E-state index contributed by atoms with van der Waals surface area (Å²) in [5.41, 5.74) is 1.66. The summed E-state index contributed by atoms with van der Waals surface area (Å²) in [6, 6.07) is 7.42. The predicted molar refractivity (Wildman–Crippen MR) is 121 cm³/mol. The van der Waals surface area contributed by atoms with Gasteiger partial charge in [-0.25, -0.2) is 4.99 Å². The first-order valence-electron chi connectivity index (χ1n) is 9.59. The number of carbonyl (C=O) groups is 2. The van der Waals surface area contributed by atoms with Crippen molar-refractivity contribution in [3.8, 4) is 0 Å². The lowest BCUT2D eigenvalue weighted by Gasteiger charge is -2.34. The molecule has 1 unspecified atom stereocenters. The summed E-state index contributed by atoms with van der Waals surface area (Å²) in [6.07, 6.45) is 1.80. The van der Waals surface area contributed by atoms with Gasteiger partial charge in [0.1, 0.15) is 0 Å². The van der Waals surface area contributed by atoms with Crippen molar-refractivity contribution < 1.29 is 14.3 Å². The van der Waals surface area contributed by atoms with E-state index in [0.717, 1.165) is 37.5 Å². The minimum atomic E-state index is -0.122. The highest BCUT2D eigenvalue weighted by molar-refractivity contribution is 14.0. The zero-order chi connectivity index (χ0) is 19.6. The van der Waals surface area contributed by atoms with Gasteiger partial charge in [-0.3, -0.25) is 9.59 Å². The Kier molecular flexibility index (Phi) is 10.9. The first-order valence-corrected chi connectivity index (χ1v) is 9.59. The summed E-state index contributed by atoms with van der Waals surface area (Å²) in [5.74, 6) is 0.482. The van der Waals surface area contributed by atoms with Crippen LogP contribution < -0.4 is 10.6 Å². The summed E-state index contributed by atoms with van der Waals surface area (Å²) < 4.78 is 5.18. The molecular formula is C20H31IN4O3. The van der Waals surface area contributed by atoms with E-state index in [1.807, 2.05) is 26.0 Å². The van der Waals surface area contributed by atoms with Crippen LogP contribution in [0.1, 0.15) is 42.6 Å². The van der Waals surface area contributed by atoms with E-state index < -0.39 is 0 Å². The third kappa shape index (κ3) is 6.96. The molecule has 1 aliphatic heterocycles. The van der Waals surface area contributed by atoms with Gasteiger partial charge >= 0.3 is 5.97 Å². The topological polar surface area (TPSA) is 83.0 Å². The van der Waals surface area contributed by atoms with Crippen LogP contribution in [0.4, 0.5) is 0 Å². The number of likely N-dealkylation sites (tertiary alicyclic amines) is 1. The Hall–Kier alpha value is -1.84. The average Bonchev–Trinajstić information content (AvgIpc) is 2.71. The molecule has 0 spiro atoms. The Balaban J connectivity index is 0.00000392. The molecule has 1 aromatic rings. The molecule has 1 atom stereocenters. The number of carbonyl (C=O) groups excluding carboxylic acids is 2. The van der Waals surface area contributed by atoms with E-state index in [2.05, 4.69) is 15.5 Å². The third-order valence-electron chi connectivity index (χ3n) is 4.53. The summed E-state index contributed by atoms with van der Waals surface area (Å²) in [4.78, 5) is 30.5. The smallest absolute Gasteiger partial charge is 0.310 e. The van der Waals surface area contributed by atoms with E-state index in [4.69, 9.17) is 9.73 Å². The van der Waals surface area contributed by atoms with Crippen molar-refractivity contribution in [2.24, 2.45) is 10.9 Å². The minimum absolute atomic E-state index is 0. The molecule has 1 aliphatic rings. The van der Waals surface area contributed by atoms with Gasteiger partial charge in [0.15, 0.2) is 5.96 Å². The number of ether oxygens (including phenoxy) is 1. The highest BCUT2D eigenvalue weighted by Gasteiger charge is 2.28. The fraction of sp³-hybridized carbons (Fsp3) is 0.550. The Labute approximate surface area is 184 Å². The van der Waals surface area contributed by atoms with Crippen LogP contribution in [-0.4, -0.2) is 56.0 Å². The highest BCUT2D eigenvalue weighted by Crippen LogP contribution is 2.18. The molecule has 0 saturated carbocycles. The summed E-state index contributed by atoms with van der Waals surface area (Å²) in [7, 11) is 1.62. The molecule has 1 amide bonds. The van der Waals surface area contributed by atoms with Gasteiger partial charge in [0.05, 0.1) is 19.1 Å². The number of esters is 1. The number of nitrogens with one attached hydrogen (secondary N) is 2. The molecule has 1 saturated heterocycles. The summed E-state index contributed by atoms with van der Waals surface area (Å²) >= 11 is 0. The number of aliphatic imine (C=N–C) groups is 1. The molecule has 0 bridgehead atoms. The van der Waals surface area contributed by atoms with E-state index in [1.165, 1.54) is 0 Å². The molecule has 156 valence electrons. The van der Waals surface area contributed by atoms with Crippen LogP contribution in [-0.2, 0) is 16.1 Å². The molecular weight excluding hydrogens is 471 g/mol. The fourth-order valence-corrected chi connectivity index (χ4v) is 3.12. The average molecular weight is 502 g/mol.